The molecule has 1 fully saturated rings. The maximum Gasteiger partial charge on any atom is 0.157 e. The van der Waals surface area contributed by atoms with E-state index in [1.165, 1.54) is 18.2 Å². The van der Waals surface area contributed by atoms with Crippen LogP contribution < -0.4 is 5.73 Å². The predicted molar refractivity (Wildman–Crippen MR) is 68.0 cm³/mol. The molecule has 0 saturated heterocycles. The van der Waals surface area contributed by atoms with Crippen molar-refractivity contribution in [2.75, 3.05) is 0 Å². The van der Waals surface area contributed by atoms with Crippen LogP contribution in [0.1, 0.15) is 39.3 Å². The van der Waals surface area contributed by atoms with Crippen LogP contribution >= 0.6 is 24.0 Å². The second kappa shape index (κ2) is 5.17. The zero-order valence-electron chi connectivity index (χ0n) is 14.3. The lowest BCUT2D eigenvalue weighted by atomic mass is 9.76. The van der Waals surface area contributed by atoms with Crippen molar-refractivity contribution in [1.29, 1.82) is 0 Å². The van der Waals surface area contributed by atoms with Crippen molar-refractivity contribution >= 4 is 29.8 Å². The quantitative estimate of drug-likeness (QED) is 0.848. The van der Waals surface area contributed by atoms with Crippen LogP contribution in [0.5, 0.6) is 0 Å². The highest BCUT2D eigenvalue weighted by Gasteiger charge is 2.38. The molecule has 0 heterocycles. The Balaban J connectivity index is 0.00000242. The number of carbonyl (C=O) groups is 1. The minimum absolute atomic E-state index is 0. The van der Waals surface area contributed by atoms with E-state index in [1.807, 2.05) is 0 Å². The number of rotatable bonds is 1. The summed E-state index contributed by atoms with van der Waals surface area (Å²) in [5.41, 5.74) is 3.60. The maximum atomic E-state index is 12.4. The first-order valence-electron chi connectivity index (χ1n) is 7.47. The average Bonchev–Trinajstić information content (AvgIpc) is 2.35. The van der Waals surface area contributed by atoms with Gasteiger partial charge in [0.15, 0.2) is 5.78 Å². The Bertz CT molecular complexity index is 609. The first-order valence-corrected chi connectivity index (χ1v) is 4.84. The van der Waals surface area contributed by atoms with E-state index in [4.69, 9.17) is 25.6 Å². The van der Waals surface area contributed by atoms with Crippen LogP contribution in [-0.4, -0.2) is 5.78 Å². The molecule has 1 atom stereocenters. The van der Waals surface area contributed by atoms with E-state index < -0.39 is 36.9 Å². The van der Waals surface area contributed by atoms with Crippen molar-refractivity contribution in [2.45, 2.75) is 31.1 Å². The third-order valence-corrected chi connectivity index (χ3v) is 2.67. The van der Waals surface area contributed by atoms with Crippen LogP contribution in [0.3, 0.4) is 0 Å². The molecule has 1 aliphatic rings. The Labute approximate surface area is 115 Å². The zero-order valence-corrected chi connectivity index (χ0v) is 9.86. The summed E-state index contributed by atoms with van der Waals surface area (Å²) in [4.78, 5) is 12.4. The predicted octanol–water partition coefficient (Wildman–Crippen LogP) is 3.06. The lowest BCUT2D eigenvalue weighted by Gasteiger charge is -2.32. The standard InChI is InChI=1S/C12H14ClNO.ClH/c13-10-6-2-1-5-9(10)12(14)8-4-3-7-11(12)15;/h1-2,5-6H,3-4,7-8,14H2;1H/t12-;/m1./s1/i3D2,4D2,8D2;. The minimum atomic E-state index is -2.97. The van der Waals surface area contributed by atoms with Gasteiger partial charge in [-0.15, -0.1) is 12.4 Å². The molecule has 2 N–H and O–H groups in total. The number of hydrogen-bond acceptors (Lipinski definition) is 2. The van der Waals surface area contributed by atoms with Crippen molar-refractivity contribution in [3.05, 3.63) is 34.9 Å². The molecule has 1 saturated carbocycles. The fraction of sp³-hybridized carbons (Fsp3) is 0.417. The van der Waals surface area contributed by atoms with Crippen LogP contribution in [0, 0.1) is 0 Å². The summed E-state index contributed by atoms with van der Waals surface area (Å²) in [5.74, 6) is -0.916. The summed E-state index contributed by atoms with van der Waals surface area (Å²) in [6.07, 6.45) is -9.40. The van der Waals surface area contributed by atoms with Crippen molar-refractivity contribution in [1.82, 2.24) is 0 Å². The molecule has 0 unspecified atom stereocenters. The van der Waals surface area contributed by atoms with Gasteiger partial charge in [0, 0.05) is 19.7 Å². The first-order chi connectivity index (χ1) is 9.39. The van der Waals surface area contributed by atoms with Gasteiger partial charge in [-0.1, -0.05) is 36.2 Å². The molecule has 0 amide bonds. The fourth-order valence-corrected chi connectivity index (χ4v) is 1.76. The summed E-state index contributed by atoms with van der Waals surface area (Å²) in [7, 11) is 0. The Kier molecular flexibility index (Phi) is 2.26. The number of halogens is 2. The van der Waals surface area contributed by atoms with Gasteiger partial charge in [-0.25, -0.2) is 0 Å². The van der Waals surface area contributed by atoms with E-state index in [0.29, 0.717) is 0 Å². The molecule has 1 aromatic rings. The van der Waals surface area contributed by atoms with Crippen molar-refractivity contribution in [3.63, 3.8) is 0 Å². The molecule has 1 aromatic carbocycles. The lowest BCUT2D eigenvalue weighted by Crippen LogP contribution is -2.47. The monoisotopic (exact) mass is 265 g/mol. The Morgan fingerprint density at radius 3 is 2.75 bits per heavy atom. The van der Waals surface area contributed by atoms with Gasteiger partial charge in [0.05, 0.1) is 0 Å². The molecule has 4 heteroatoms. The van der Waals surface area contributed by atoms with Gasteiger partial charge >= 0.3 is 0 Å². The third kappa shape index (κ3) is 2.24. The molecular weight excluding hydrogens is 245 g/mol. The van der Waals surface area contributed by atoms with E-state index in [2.05, 4.69) is 0 Å². The molecular formula is C12H15Cl2NO. The Hall–Kier alpha value is -0.570. The van der Waals surface area contributed by atoms with Gasteiger partial charge in [-0.3, -0.25) is 4.79 Å². The van der Waals surface area contributed by atoms with Gasteiger partial charge in [0.1, 0.15) is 5.54 Å². The van der Waals surface area contributed by atoms with Crippen molar-refractivity contribution in [2.24, 2.45) is 5.73 Å². The smallest absolute Gasteiger partial charge is 0.157 e. The van der Waals surface area contributed by atoms with Gasteiger partial charge in [-0.05, 0) is 24.4 Å². The number of nitrogens with two attached hydrogens (primary N) is 1. The van der Waals surface area contributed by atoms with Crippen LogP contribution in [0.4, 0.5) is 0 Å². The third-order valence-electron chi connectivity index (χ3n) is 2.34. The molecule has 88 valence electrons. The summed E-state index contributed by atoms with van der Waals surface area (Å²) in [5, 5.41) is 0.0375. The molecule has 0 bridgehead atoms. The zero-order chi connectivity index (χ0) is 16.3. The largest absolute Gasteiger partial charge is 0.315 e. The Morgan fingerprint density at radius 2 is 2.06 bits per heavy atom. The van der Waals surface area contributed by atoms with Gasteiger partial charge in [-0.2, -0.15) is 0 Å². The minimum Gasteiger partial charge on any atom is -0.315 e. The molecule has 1 aliphatic carbocycles. The van der Waals surface area contributed by atoms with E-state index in [-0.39, 0.29) is 23.0 Å². The summed E-state index contributed by atoms with van der Waals surface area (Å²) >= 11 is 5.99. The summed E-state index contributed by atoms with van der Waals surface area (Å²) < 4.78 is 47.1. The molecule has 2 nitrogen and oxygen atoms in total. The van der Waals surface area contributed by atoms with Gasteiger partial charge in [0.25, 0.3) is 0 Å². The summed E-state index contributed by atoms with van der Waals surface area (Å²) in [6.45, 7) is 0. The molecule has 0 radical (unpaired) electrons. The highest BCUT2D eigenvalue weighted by atomic mass is 35.5. The number of Topliss-reactive ketones (excluding diaryl/α,β-unsaturated/α-hetero) is 1. The average molecular weight is 266 g/mol. The molecule has 0 aliphatic heterocycles. The van der Waals surface area contributed by atoms with E-state index in [0.717, 1.165) is 0 Å². The van der Waals surface area contributed by atoms with E-state index in [9.17, 15) is 4.79 Å². The first kappa shape index (κ1) is 7.00. The van der Waals surface area contributed by atoms with Crippen LogP contribution in [0.2, 0.25) is 5.02 Å². The highest BCUT2D eigenvalue weighted by molar-refractivity contribution is 6.31. The van der Waals surface area contributed by atoms with Crippen LogP contribution in [0.25, 0.3) is 0 Å². The van der Waals surface area contributed by atoms with Gasteiger partial charge < -0.3 is 5.73 Å². The SMILES string of the molecule is Cl.[2H]C1([2H])CC(=O)[C@](N)(c2ccccc2Cl)C([2H])([2H])C1([2H])[2H]. The molecule has 0 aromatic heterocycles. The van der Waals surface area contributed by atoms with Crippen molar-refractivity contribution < 1.29 is 13.0 Å². The van der Waals surface area contributed by atoms with Crippen LogP contribution in [-0.2, 0) is 10.3 Å². The normalized spacial score (nSPS) is 40.0. The van der Waals surface area contributed by atoms with E-state index in [1.54, 1.807) is 6.07 Å². The second-order valence-electron chi connectivity index (χ2n) is 3.31. The molecule has 0 spiro atoms. The second-order valence-corrected chi connectivity index (χ2v) is 3.72. The Morgan fingerprint density at radius 1 is 1.38 bits per heavy atom. The number of hydrogen-bond donors (Lipinski definition) is 1. The highest BCUT2D eigenvalue weighted by Crippen LogP contribution is 2.35. The van der Waals surface area contributed by atoms with Gasteiger partial charge in [0.2, 0.25) is 0 Å². The molecule has 16 heavy (non-hydrogen) atoms. The molecule has 2 rings (SSSR count). The number of ketones is 1. The maximum absolute atomic E-state index is 12.4. The topological polar surface area (TPSA) is 43.1 Å². The number of carbonyl (C=O) groups excluding carboxylic acids is 1. The van der Waals surface area contributed by atoms with Crippen LogP contribution in [0.15, 0.2) is 24.3 Å². The lowest BCUT2D eigenvalue weighted by molar-refractivity contribution is -0.126. The summed E-state index contributed by atoms with van der Waals surface area (Å²) in [6, 6.07) is 5.87. The van der Waals surface area contributed by atoms with E-state index >= 15 is 0 Å². The van der Waals surface area contributed by atoms with Crippen molar-refractivity contribution in [3.8, 4) is 0 Å². The number of benzene rings is 1. The fourth-order valence-electron chi connectivity index (χ4n) is 1.47.